The first kappa shape index (κ1) is 16.5. The summed E-state index contributed by atoms with van der Waals surface area (Å²) >= 11 is 11.5. The Morgan fingerprint density at radius 1 is 1.20 bits per heavy atom. The van der Waals surface area contributed by atoms with Crippen LogP contribution in [-0.4, -0.2) is 32.7 Å². The van der Waals surface area contributed by atoms with Crippen molar-refractivity contribution >= 4 is 44.5 Å². The van der Waals surface area contributed by atoms with Crippen molar-refractivity contribution in [2.45, 2.75) is 12.8 Å². The van der Waals surface area contributed by atoms with Gasteiger partial charge in [0.15, 0.2) is 0 Å². The fourth-order valence-corrected chi connectivity index (χ4v) is 3.49. The number of ether oxygens (including phenoxy) is 3. The van der Waals surface area contributed by atoms with E-state index in [9.17, 15) is 0 Å². The quantitative estimate of drug-likeness (QED) is 0.711. The molecular formula is C14H18Br2O3S. The summed E-state index contributed by atoms with van der Waals surface area (Å²) in [6.45, 7) is 2.23. The fraction of sp³-hybridized carbons (Fsp3) is 0.571. The van der Waals surface area contributed by atoms with Crippen LogP contribution < -0.4 is 9.47 Å². The van der Waals surface area contributed by atoms with Gasteiger partial charge in [0.2, 0.25) is 0 Å². The highest BCUT2D eigenvalue weighted by atomic mass is 79.9. The van der Waals surface area contributed by atoms with Crippen molar-refractivity contribution in [3.8, 4) is 11.5 Å². The molecule has 1 aromatic carbocycles. The topological polar surface area (TPSA) is 27.7 Å². The second-order valence-electron chi connectivity index (χ2n) is 4.98. The molecule has 0 atom stereocenters. The van der Waals surface area contributed by atoms with Crippen molar-refractivity contribution in [3.05, 3.63) is 21.1 Å². The van der Waals surface area contributed by atoms with Gasteiger partial charge < -0.3 is 14.2 Å². The lowest BCUT2D eigenvalue weighted by Crippen LogP contribution is -2.36. The summed E-state index contributed by atoms with van der Waals surface area (Å²) in [6.07, 6.45) is 1.98. The Balaban J connectivity index is 2.08. The molecule has 1 aromatic rings. The van der Waals surface area contributed by atoms with Gasteiger partial charge in [-0.1, -0.05) is 0 Å². The van der Waals surface area contributed by atoms with Gasteiger partial charge in [0.1, 0.15) is 11.5 Å². The lowest BCUT2D eigenvalue weighted by atomic mass is 9.83. The SMILES string of the molecule is COc1cc(Br)c(OCC2(CS)CCOCC2)cc1Br. The minimum atomic E-state index is 0.104. The number of hydrogen-bond donors (Lipinski definition) is 1. The molecule has 1 heterocycles. The van der Waals surface area contributed by atoms with E-state index in [1.807, 2.05) is 12.1 Å². The van der Waals surface area contributed by atoms with E-state index in [-0.39, 0.29) is 5.41 Å². The predicted molar refractivity (Wildman–Crippen MR) is 90.2 cm³/mol. The van der Waals surface area contributed by atoms with E-state index in [4.69, 9.17) is 14.2 Å². The molecule has 6 heteroatoms. The van der Waals surface area contributed by atoms with Crippen LogP contribution in [0.4, 0.5) is 0 Å². The Hall–Kier alpha value is 0.0900. The Labute approximate surface area is 142 Å². The van der Waals surface area contributed by atoms with Crippen LogP contribution >= 0.6 is 44.5 Å². The summed E-state index contributed by atoms with van der Waals surface area (Å²) in [5, 5.41) is 0. The van der Waals surface area contributed by atoms with Gasteiger partial charge in [0.25, 0.3) is 0 Å². The molecule has 20 heavy (non-hydrogen) atoms. The molecule has 0 amide bonds. The predicted octanol–water partition coefficient (Wildman–Crippen LogP) is 4.33. The summed E-state index contributed by atoms with van der Waals surface area (Å²) in [6, 6.07) is 3.82. The molecule has 0 aliphatic carbocycles. The van der Waals surface area contributed by atoms with E-state index in [1.165, 1.54) is 0 Å². The minimum Gasteiger partial charge on any atom is -0.496 e. The van der Waals surface area contributed by atoms with Gasteiger partial charge in [-0.15, -0.1) is 0 Å². The highest BCUT2D eigenvalue weighted by Crippen LogP contribution is 2.38. The molecule has 0 radical (unpaired) electrons. The van der Waals surface area contributed by atoms with Crippen molar-refractivity contribution in [1.82, 2.24) is 0 Å². The van der Waals surface area contributed by atoms with Gasteiger partial charge in [-0.25, -0.2) is 0 Å². The number of methoxy groups -OCH3 is 1. The minimum absolute atomic E-state index is 0.104. The van der Waals surface area contributed by atoms with Crippen LogP contribution in [0.2, 0.25) is 0 Å². The van der Waals surface area contributed by atoms with Crippen molar-refractivity contribution in [3.63, 3.8) is 0 Å². The fourth-order valence-electron chi connectivity index (χ4n) is 2.16. The van der Waals surface area contributed by atoms with E-state index in [0.717, 1.165) is 52.3 Å². The monoisotopic (exact) mass is 424 g/mol. The van der Waals surface area contributed by atoms with Crippen LogP contribution in [-0.2, 0) is 4.74 Å². The Kier molecular flexibility index (Phi) is 6.08. The average Bonchev–Trinajstić information content (AvgIpc) is 2.48. The molecule has 0 unspecified atom stereocenters. The zero-order valence-corrected chi connectivity index (χ0v) is 15.4. The third-order valence-corrected chi connectivity index (χ3v) is 5.54. The smallest absolute Gasteiger partial charge is 0.134 e. The van der Waals surface area contributed by atoms with E-state index in [2.05, 4.69) is 44.5 Å². The maximum Gasteiger partial charge on any atom is 0.134 e. The third kappa shape index (κ3) is 3.84. The van der Waals surface area contributed by atoms with Crippen LogP contribution in [0.3, 0.4) is 0 Å². The molecule has 1 saturated heterocycles. The second kappa shape index (κ2) is 7.38. The van der Waals surface area contributed by atoms with Gasteiger partial charge in [0, 0.05) is 18.6 Å². The molecule has 0 N–H and O–H groups in total. The third-order valence-electron chi connectivity index (χ3n) is 3.63. The number of hydrogen-bond acceptors (Lipinski definition) is 4. The standard InChI is InChI=1S/C14H18Br2O3S/c1-17-12-6-11(16)13(7-10(12)15)19-8-14(9-20)2-4-18-5-3-14/h6-7,20H,2-5,8-9H2,1H3. The molecule has 1 aliphatic rings. The van der Waals surface area contributed by atoms with Crippen molar-refractivity contribution in [2.24, 2.45) is 5.41 Å². The van der Waals surface area contributed by atoms with Crippen LogP contribution in [0.1, 0.15) is 12.8 Å². The molecule has 112 valence electrons. The molecular weight excluding hydrogens is 408 g/mol. The van der Waals surface area contributed by atoms with Crippen molar-refractivity contribution in [1.29, 1.82) is 0 Å². The first-order valence-electron chi connectivity index (χ1n) is 6.45. The van der Waals surface area contributed by atoms with E-state index in [1.54, 1.807) is 7.11 Å². The maximum atomic E-state index is 6.01. The molecule has 0 spiro atoms. The van der Waals surface area contributed by atoms with Crippen LogP contribution in [0.5, 0.6) is 11.5 Å². The van der Waals surface area contributed by atoms with Crippen molar-refractivity contribution in [2.75, 3.05) is 32.7 Å². The summed E-state index contributed by atoms with van der Waals surface area (Å²) < 4.78 is 18.5. The average molecular weight is 426 g/mol. The highest BCUT2D eigenvalue weighted by molar-refractivity contribution is 9.11. The molecule has 0 saturated carbocycles. The van der Waals surface area contributed by atoms with Gasteiger partial charge >= 0.3 is 0 Å². The van der Waals surface area contributed by atoms with Crippen molar-refractivity contribution < 1.29 is 14.2 Å². The molecule has 0 aromatic heterocycles. The maximum absolute atomic E-state index is 6.01. The summed E-state index contributed by atoms with van der Waals surface area (Å²) in [7, 11) is 1.64. The lowest BCUT2D eigenvalue weighted by molar-refractivity contribution is 0.00295. The van der Waals surface area contributed by atoms with E-state index in [0.29, 0.717) is 6.61 Å². The van der Waals surface area contributed by atoms with Gasteiger partial charge in [0.05, 0.1) is 22.7 Å². The molecule has 0 bridgehead atoms. The number of thiol groups is 1. The van der Waals surface area contributed by atoms with E-state index >= 15 is 0 Å². The Morgan fingerprint density at radius 2 is 1.80 bits per heavy atom. The zero-order valence-electron chi connectivity index (χ0n) is 11.3. The Bertz CT molecular complexity index is 462. The van der Waals surface area contributed by atoms with Crippen LogP contribution in [0.15, 0.2) is 21.1 Å². The molecule has 3 nitrogen and oxygen atoms in total. The molecule has 2 rings (SSSR count). The normalized spacial score (nSPS) is 17.8. The second-order valence-corrected chi connectivity index (χ2v) is 7.00. The molecule has 1 fully saturated rings. The number of benzene rings is 1. The van der Waals surface area contributed by atoms with Gasteiger partial charge in [-0.2, -0.15) is 12.6 Å². The number of halogens is 2. The summed E-state index contributed by atoms with van der Waals surface area (Å²) in [5.41, 5.74) is 0.104. The van der Waals surface area contributed by atoms with Crippen LogP contribution in [0.25, 0.3) is 0 Å². The Morgan fingerprint density at radius 3 is 2.40 bits per heavy atom. The zero-order chi connectivity index (χ0) is 14.6. The number of rotatable bonds is 5. The highest BCUT2D eigenvalue weighted by Gasteiger charge is 2.32. The summed E-state index contributed by atoms with van der Waals surface area (Å²) in [4.78, 5) is 0. The largest absolute Gasteiger partial charge is 0.496 e. The molecule has 1 aliphatic heterocycles. The lowest BCUT2D eigenvalue weighted by Gasteiger charge is -2.35. The van der Waals surface area contributed by atoms with Gasteiger partial charge in [-0.3, -0.25) is 0 Å². The van der Waals surface area contributed by atoms with Crippen LogP contribution in [0, 0.1) is 5.41 Å². The summed E-state index contributed by atoms with van der Waals surface area (Å²) in [5.74, 6) is 2.40. The first-order valence-corrected chi connectivity index (χ1v) is 8.66. The van der Waals surface area contributed by atoms with Gasteiger partial charge in [-0.05, 0) is 62.6 Å². The first-order chi connectivity index (χ1) is 9.60. The van der Waals surface area contributed by atoms with E-state index < -0.39 is 0 Å².